The van der Waals surface area contributed by atoms with Gasteiger partial charge in [-0.3, -0.25) is 0 Å². The highest BCUT2D eigenvalue weighted by molar-refractivity contribution is 5.71. The Kier molecular flexibility index (Phi) is 5.37. The van der Waals surface area contributed by atoms with Crippen LogP contribution in [0.1, 0.15) is 34.5 Å². The number of fused-ring (bicyclic) bond motifs is 1. The van der Waals surface area contributed by atoms with Gasteiger partial charge in [-0.2, -0.15) is 0 Å². The van der Waals surface area contributed by atoms with Crippen LogP contribution in [0.2, 0.25) is 0 Å². The van der Waals surface area contributed by atoms with Gasteiger partial charge in [0.05, 0.1) is 0 Å². The van der Waals surface area contributed by atoms with Gasteiger partial charge in [0.15, 0.2) is 23.7 Å². The second-order valence-electron chi connectivity index (χ2n) is 7.89. The van der Waals surface area contributed by atoms with E-state index in [9.17, 15) is 15.3 Å². The number of rotatable bonds is 4. The van der Waals surface area contributed by atoms with Crippen molar-refractivity contribution in [2.75, 3.05) is 0 Å². The van der Waals surface area contributed by atoms with E-state index in [-0.39, 0.29) is 17.2 Å². The molecule has 1 aliphatic rings. The third kappa shape index (κ3) is 4.48. The standard InChI is InChI=1S/C28H22O5/c29-22-10-3-18(4-11-22)1-2-19-5-16-25-26(17-19)33-28(21-8-14-24(31)15-9-21)27(32-25)20-6-12-23(30)13-7-20/h1-17,27-31H/b2-1+. The van der Waals surface area contributed by atoms with Crippen molar-refractivity contribution in [1.29, 1.82) is 0 Å². The summed E-state index contributed by atoms with van der Waals surface area (Å²) in [6.45, 7) is 0. The average Bonchev–Trinajstić information content (AvgIpc) is 2.84. The van der Waals surface area contributed by atoms with Gasteiger partial charge < -0.3 is 24.8 Å². The smallest absolute Gasteiger partial charge is 0.165 e. The number of benzene rings is 4. The zero-order valence-electron chi connectivity index (χ0n) is 17.6. The van der Waals surface area contributed by atoms with Crippen molar-refractivity contribution in [3.05, 3.63) is 113 Å². The summed E-state index contributed by atoms with van der Waals surface area (Å²) in [5.74, 6) is 1.84. The van der Waals surface area contributed by atoms with Crippen molar-refractivity contribution < 1.29 is 24.8 Å². The van der Waals surface area contributed by atoms with Crippen molar-refractivity contribution in [3.63, 3.8) is 0 Å². The second-order valence-corrected chi connectivity index (χ2v) is 7.89. The molecule has 5 heteroatoms. The van der Waals surface area contributed by atoms with Crippen LogP contribution in [0.5, 0.6) is 28.7 Å². The molecule has 2 atom stereocenters. The molecule has 33 heavy (non-hydrogen) atoms. The number of ether oxygens (including phenoxy) is 2. The van der Waals surface area contributed by atoms with Crippen LogP contribution >= 0.6 is 0 Å². The van der Waals surface area contributed by atoms with E-state index in [1.165, 1.54) is 0 Å². The number of hydrogen-bond donors (Lipinski definition) is 3. The molecule has 0 bridgehead atoms. The second kappa shape index (κ2) is 8.63. The molecular formula is C28H22O5. The third-order valence-corrected chi connectivity index (χ3v) is 5.56. The molecule has 2 unspecified atom stereocenters. The van der Waals surface area contributed by atoms with Crippen LogP contribution in [0.3, 0.4) is 0 Å². The Labute approximate surface area is 191 Å². The first-order valence-corrected chi connectivity index (χ1v) is 10.6. The summed E-state index contributed by atoms with van der Waals surface area (Å²) in [7, 11) is 0. The molecule has 0 amide bonds. The van der Waals surface area contributed by atoms with Crippen LogP contribution in [0.4, 0.5) is 0 Å². The van der Waals surface area contributed by atoms with E-state index < -0.39 is 12.2 Å². The lowest BCUT2D eigenvalue weighted by atomic mass is 9.96. The summed E-state index contributed by atoms with van der Waals surface area (Å²) in [5.41, 5.74) is 3.64. The lowest BCUT2D eigenvalue weighted by Gasteiger charge is -2.35. The van der Waals surface area contributed by atoms with E-state index in [1.807, 2.05) is 66.7 Å². The summed E-state index contributed by atoms with van der Waals surface area (Å²) in [5, 5.41) is 28.8. The topological polar surface area (TPSA) is 79.2 Å². The quantitative estimate of drug-likeness (QED) is 0.329. The monoisotopic (exact) mass is 438 g/mol. The first-order valence-electron chi connectivity index (χ1n) is 10.6. The summed E-state index contributed by atoms with van der Waals surface area (Å²) >= 11 is 0. The van der Waals surface area contributed by atoms with Crippen LogP contribution in [0.25, 0.3) is 12.2 Å². The van der Waals surface area contributed by atoms with Crippen LogP contribution < -0.4 is 9.47 Å². The number of phenolic OH excluding ortho intramolecular Hbond substituents is 3. The molecule has 5 rings (SSSR count). The van der Waals surface area contributed by atoms with Crippen LogP contribution in [0, 0.1) is 0 Å². The molecule has 5 nitrogen and oxygen atoms in total. The van der Waals surface area contributed by atoms with Gasteiger partial charge in [0.1, 0.15) is 17.2 Å². The van der Waals surface area contributed by atoms with Gasteiger partial charge >= 0.3 is 0 Å². The summed E-state index contributed by atoms with van der Waals surface area (Å²) < 4.78 is 12.8. The van der Waals surface area contributed by atoms with Gasteiger partial charge in [-0.25, -0.2) is 0 Å². The van der Waals surface area contributed by atoms with E-state index in [2.05, 4.69) is 0 Å². The van der Waals surface area contributed by atoms with Crippen molar-refractivity contribution in [1.82, 2.24) is 0 Å². The highest BCUT2D eigenvalue weighted by Gasteiger charge is 2.34. The van der Waals surface area contributed by atoms with E-state index in [1.54, 1.807) is 36.4 Å². The van der Waals surface area contributed by atoms with Gasteiger partial charge in [0.25, 0.3) is 0 Å². The Morgan fingerprint density at radius 3 is 1.45 bits per heavy atom. The van der Waals surface area contributed by atoms with E-state index >= 15 is 0 Å². The van der Waals surface area contributed by atoms with Gasteiger partial charge in [0.2, 0.25) is 0 Å². The van der Waals surface area contributed by atoms with Crippen molar-refractivity contribution >= 4 is 12.2 Å². The SMILES string of the molecule is Oc1ccc(/C=C/c2ccc3c(c2)OC(c2ccc(O)cc2)C(c2ccc(O)cc2)O3)cc1. The molecule has 0 saturated heterocycles. The fourth-order valence-corrected chi connectivity index (χ4v) is 3.81. The molecule has 1 aliphatic heterocycles. The van der Waals surface area contributed by atoms with Crippen LogP contribution in [-0.4, -0.2) is 15.3 Å². The lowest BCUT2D eigenvalue weighted by molar-refractivity contribution is 0.0183. The Morgan fingerprint density at radius 1 is 0.485 bits per heavy atom. The highest BCUT2D eigenvalue weighted by Crippen LogP contribution is 2.46. The summed E-state index contributed by atoms with van der Waals surface area (Å²) in [6.07, 6.45) is 3.05. The predicted octanol–water partition coefficient (Wildman–Crippen LogP) is 6.23. The normalized spacial score (nSPS) is 17.2. The summed E-state index contributed by atoms with van der Waals surface area (Å²) in [4.78, 5) is 0. The maximum absolute atomic E-state index is 9.71. The van der Waals surface area contributed by atoms with Crippen molar-refractivity contribution in [3.8, 4) is 28.7 Å². The van der Waals surface area contributed by atoms with E-state index in [4.69, 9.17) is 9.47 Å². The predicted molar refractivity (Wildman–Crippen MR) is 126 cm³/mol. The first kappa shape index (κ1) is 20.5. The molecule has 0 radical (unpaired) electrons. The molecule has 3 N–H and O–H groups in total. The Bertz CT molecular complexity index is 1280. The highest BCUT2D eigenvalue weighted by atomic mass is 16.6. The fraction of sp³-hybridized carbons (Fsp3) is 0.0714. The fourth-order valence-electron chi connectivity index (χ4n) is 3.81. The largest absolute Gasteiger partial charge is 0.508 e. The van der Waals surface area contributed by atoms with Gasteiger partial charge in [-0.05, 0) is 70.8 Å². The van der Waals surface area contributed by atoms with Gasteiger partial charge in [-0.1, -0.05) is 54.6 Å². The van der Waals surface area contributed by atoms with E-state index in [0.29, 0.717) is 11.5 Å². The molecule has 0 aromatic heterocycles. The van der Waals surface area contributed by atoms with Crippen molar-refractivity contribution in [2.24, 2.45) is 0 Å². The minimum atomic E-state index is -0.445. The molecule has 0 saturated carbocycles. The molecule has 0 spiro atoms. The molecule has 164 valence electrons. The van der Waals surface area contributed by atoms with Crippen molar-refractivity contribution in [2.45, 2.75) is 12.2 Å². The molecule has 0 aliphatic carbocycles. The number of phenols is 3. The Hall–Kier alpha value is -4.38. The maximum Gasteiger partial charge on any atom is 0.165 e. The maximum atomic E-state index is 9.71. The first-order chi connectivity index (χ1) is 16.0. The average molecular weight is 438 g/mol. The molecule has 1 heterocycles. The molecule has 0 fully saturated rings. The molecule has 4 aromatic carbocycles. The zero-order chi connectivity index (χ0) is 22.8. The molecular weight excluding hydrogens is 416 g/mol. The van der Waals surface area contributed by atoms with Crippen LogP contribution in [-0.2, 0) is 0 Å². The number of aromatic hydroxyl groups is 3. The van der Waals surface area contributed by atoms with Crippen LogP contribution in [0.15, 0.2) is 91.0 Å². The van der Waals surface area contributed by atoms with Gasteiger partial charge in [-0.15, -0.1) is 0 Å². The lowest BCUT2D eigenvalue weighted by Crippen LogP contribution is -2.26. The van der Waals surface area contributed by atoms with E-state index in [0.717, 1.165) is 22.3 Å². The Balaban J connectivity index is 1.48. The minimum absolute atomic E-state index is 0.179. The molecule has 4 aromatic rings. The zero-order valence-corrected chi connectivity index (χ0v) is 17.6. The van der Waals surface area contributed by atoms with Gasteiger partial charge in [0, 0.05) is 0 Å². The Morgan fingerprint density at radius 2 is 0.909 bits per heavy atom. The summed E-state index contributed by atoms with van der Waals surface area (Å²) in [6, 6.07) is 26.5. The third-order valence-electron chi connectivity index (χ3n) is 5.56. The minimum Gasteiger partial charge on any atom is -0.508 e. The number of hydrogen-bond acceptors (Lipinski definition) is 5.